The first kappa shape index (κ1) is 17.6. The number of phenols is 1. The lowest BCUT2D eigenvalue weighted by Gasteiger charge is -2.21. The van der Waals surface area contributed by atoms with Crippen LogP contribution in [0.25, 0.3) is 0 Å². The van der Waals surface area contributed by atoms with Crippen molar-refractivity contribution >= 4 is 6.29 Å². The number of hydrogen-bond acceptors (Lipinski definition) is 4. The van der Waals surface area contributed by atoms with Gasteiger partial charge in [-0.1, -0.05) is 26.0 Å². The summed E-state index contributed by atoms with van der Waals surface area (Å²) < 4.78 is 4.25. The molecule has 1 aromatic carbocycles. The van der Waals surface area contributed by atoms with Gasteiger partial charge >= 0.3 is 0 Å². The molecule has 0 aromatic heterocycles. The molecule has 1 atom stereocenters. The molecule has 4 heteroatoms. The number of hydrogen-bond donors (Lipinski definition) is 2. The fraction of sp³-hybridized carbons (Fsp3) is 0.533. The fourth-order valence-electron chi connectivity index (χ4n) is 1.73. The van der Waals surface area contributed by atoms with E-state index in [2.05, 4.69) is 4.74 Å². The number of nitrogens with two attached hydrogens (primary N) is 1. The molecule has 1 unspecified atom stereocenters. The van der Waals surface area contributed by atoms with E-state index in [1.165, 1.54) is 0 Å². The molecule has 0 bridgehead atoms. The van der Waals surface area contributed by atoms with Crippen LogP contribution < -0.4 is 5.73 Å². The van der Waals surface area contributed by atoms with Crippen LogP contribution in [0.15, 0.2) is 24.3 Å². The monoisotopic (exact) mass is 267 g/mol. The van der Waals surface area contributed by atoms with Crippen molar-refractivity contribution in [3.8, 4) is 5.75 Å². The first-order chi connectivity index (χ1) is 8.84. The lowest BCUT2D eigenvalue weighted by molar-refractivity contribution is -0.115. The topological polar surface area (TPSA) is 72.6 Å². The highest BCUT2D eigenvalue weighted by Crippen LogP contribution is 2.20. The smallest absolute Gasteiger partial charge is 0.125 e. The Morgan fingerprint density at radius 3 is 2.21 bits per heavy atom. The molecule has 0 fully saturated rings. The molecule has 0 heterocycles. The molecule has 19 heavy (non-hydrogen) atoms. The van der Waals surface area contributed by atoms with Crippen LogP contribution in [0.3, 0.4) is 0 Å². The van der Waals surface area contributed by atoms with Crippen LogP contribution in [-0.2, 0) is 16.0 Å². The predicted molar refractivity (Wildman–Crippen MR) is 77.2 cm³/mol. The van der Waals surface area contributed by atoms with Crippen molar-refractivity contribution in [1.82, 2.24) is 0 Å². The zero-order valence-corrected chi connectivity index (χ0v) is 12.2. The van der Waals surface area contributed by atoms with E-state index in [0.717, 1.165) is 18.3 Å². The zero-order valence-electron chi connectivity index (χ0n) is 12.2. The number of methoxy groups -OCH3 is 1. The molecule has 4 nitrogen and oxygen atoms in total. The minimum Gasteiger partial charge on any atom is -0.508 e. The summed E-state index contributed by atoms with van der Waals surface area (Å²) in [5.41, 5.74) is 6.70. The largest absolute Gasteiger partial charge is 0.508 e. The molecule has 0 saturated heterocycles. The van der Waals surface area contributed by atoms with Crippen molar-refractivity contribution in [3.63, 3.8) is 0 Å². The minimum atomic E-state index is -0.365. The quantitative estimate of drug-likeness (QED) is 0.802. The summed E-state index contributed by atoms with van der Waals surface area (Å²) in [7, 11) is 3.25. The summed E-state index contributed by atoms with van der Waals surface area (Å²) >= 11 is 0. The van der Waals surface area contributed by atoms with Crippen LogP contribution in [-0.4, -0.2) is 31.7 Å². The van der Waals surface area contributed by atoms with Crippen molar-refractivity contribution < 1.29 is 14.6 Å². The predicted octanol–water partition coefficient (Wildman–Crippen LogP) is 2.14. The van der Waals surface area contributed by atoms with Gasteiger partial charge in [-0.05, 0) is 30.5 Å². The van der Waals surface area contributed by atoms with Crippen LogP contribution in [0.2, 0.25) is 0 Å². The minimum absolute atomic E-state index is 0.0373. The molecule has 0 saturated carbocycles. The zero-order chi connectivity index (χ0) is 14.9. The lowest BCUT2D eigenvalue weighted by Crippen LogP contribution is -2.30. The Morgan fingerprint density at radius 1 is 1.32 bits per heavy atom. The second kappa shape index (κ2) is 8.67. The Kier molecular flexibility index (Phi) is 8.03. The third-order valence-electron chi connectivity index (χ3n) is 2.54. The maximum Gasteiger partial charge on any atom is 0.125 e. The molecule has 0 aliphatic heterocycles. The highest BCUT2D eigenvalue weighted by atomic mass is 16.4. The molecular weight excluding hydrogens is 242 g/mol. The van der Waals surface area contributed by atoms with Gasteiger partial charge in [0.25, 0.3) is 0 Å². The van der Waals surface area contributed by atoms with Gasteiger partial charge in [-0.2, -0.15) is 0 Å². The number of aldehydes is 1. The summed E-state index contributed by atoms with van der Waals surface area (Å²) in [6.45, 7) is 3.77. The Hall–Kier alpha value is -1.39. The molecule has 1 aromatic rings. The Morgan fingerprint density at radius 2 is 1.79 bits per heavy atom. The molecule has 0 radical (unpaired) electrons. The molecule has 1 rings (SSSR count). The van der Waals surface area contributed by atoms with Crippen molar-refractivity contribution in [1.29, 1.82) is 0 Å². The Balaban J connectivity index is 0.000000982. The molecular formula is C15H25NO3. The van der Waals surface area contributed by atoms with E-state index < -0.39 is 0 Å². The SMILES string of the molecule is CC(C)(C=O)CC(N)Cc1ccc(O)cc1.COC. The molecule has 0 spiro atoms. The third-order valence-corrected chi connectivity index (χ3v) is 2.54. The van der Waals surface area contributed by atoms with Gasteiger partial charge in [0.2, 0.25) is 0 Å². The van der Waals surface area contributed by atoms with Crippen LogP contribution in [0, 0.1) is 5.41 Å². The fourth-order valence-corrected chi connectivity index (χ4v) is 1.73. The number of carbonyl (C=O) groups is 1. The highest BCUT2D eigenvalue weighted by molar-refractivity contribution is 5.57. The van der Waals surface area contributed by atoms with Crippen molar-refractivity contribution in [2.75, 3.05) is 14.2 Å². The van der Waals surface area contributed by atoms with E-state index in [1.54, 1.807) is 26.4 Å². The average molecular weight is 267 g/mol. The van der Waals surface area contributed by atoms with Gasteiger partial charge in [0.1, 0.15) is 12.0 Å². The van der Waals surface area contributed by atoms with Crippen LogP contribution in [0.1, 0.15) is 25.8 Å². The molecule has 3 N–H and O–H groups in total. The van der Waals surface area contributed by atoms with E-state index in [9.17, 15) is 4.79 Å². The Labute approximate surface area is 115 Å². The standard InChI is InChI=1S/C13H19NO2.C2H6O/c1-13(2,9-15)8-11(14)7-10-3-5-12(16)6-4-10;1-3-2/h3-6,9,11,16H,7-8,14H2,1-2H3;1-2H3. The number of benzene rings is 1. The second-order valence-electron chi connectivity index (χ2n) is 5.35. The summed E-state index contributed by atoms with van der Waals surface area (Å²) in [6, 6.07) is 6.95. The number of aromatic hydroxyl groups is 1. The number of carbonyl (C=O) groups excluding carboxylic acids is 1. The first-order valence-electron chi connectivity index (χ1n) is 6.24. The van der Waals surface area contributed by atoms with Crippen molar-refractivity contribution in [3.05, 3.63) is 29.8 Å². The van der Waals surface area contributed by atoms with Crippen LogP contribution in [0.5, 0.6) is 5.75 Å². The van der Waals surface area contributed by atoms with Crippen LogP contribution in [0.4, 0.5) is 0 Å². The number of ether oxygens (including phenoxy) is 1. The maximum absolute atomic E-state index is 10.8. The van der Waals surface area contributed by atoms with E-state index in [0.29, 0.717) is 6.42 Å². The van der Waals surface area contributed by atoms with Gasteiger partial charge in [-0.3, -0.25) is 0 Å². The molecule has 0 aliphatic carbocycles. The van der Waals surface area contributed by atoms with Crippen LogP contribution >= 0.6 is 0 Å². The molecule has 0 amide bonds. The van der Waals surface area contributed by atoms with Gasteiger partial charge in [0.15, 0.2) is 0 Å². The van der Waals surface area contributed by atoms with E-state index >= 15 is 0 Å². The van der Waals surface area contributed by atoms with Gasteiger partial charge in [0.05, 0.1) is 0 Å². The average Bonchev–Trinajstić information content (AvgIpc) is 2.32. The molecule has 0 aliphatic rings. The van der Waals surface area contributed by atoms with Gasteiger partial charge in [-0.15, -0.1) is 0 Å². The first-order valence-corrected chi connectivity index (χ1v) is 6.24. The van der Waals surface area contributed by atoms with Gasteiger partial charge in [0, 0.05) is 25.7 Å². The van der Waals surface area contributed by atoms with Gasteiger partial charge in [-0.25, -0.2) is 0 Å². The summed E-state index contributed by atoms with van der Waals surface area (Å²) in [6.07, 6.45) is 2.33. The van der Waals surface area contributed by atoms with E-state index in [4.69, 9.17) is 10.8 Å². The summed E-state index contributed by atoms with van der Waals surface area (Å²) in [5.74, 6) is 0.255. The van der Waals surface area contributed by atoms with E-state index in [-0.39, 0.29) is 17.2 Å². The van der Waals surface area contributed by atoms with E-state index in [1.807, 2.05) is 26.0 Å². The second-order valence-corrected chi connectivity index (χ2v) is 5.35. The lowest BCUT2D eigenvalue weighted by atomic mass is 9.86. The highest BCUT2D eigenvalue weighted by Gasteiger charge is 2.20. The van der Waals surface area contributed by atoms with Crippen molar-refractivity contribution in [2.45, 2.75) is 32.7 Å². The normalized spacial score (nSPS) is 12.3. The molecule has 108 valence electrons. The maximum atomic E-state index is 10.8. The summed E-state index contributed by atoms with van der Waals surface area (Å²) in [4.78, 5) is 10.8. The van der Waals surface area contributed by atoms with Crippen molar-refractivity contribution in [2.24, 2.45) is 11.1 Å². The van der Waals surface area contributed by atoms with Gasteiger partial charge < -0.3 is 20.4 Å². The number of rotatable bonds is 5. The third kappa shape index (κ3) is 8.35. The Bertz CT molecular complexity index is 360. The summed E-state index contributed by atoms with van der Waals surface area (Å²) in [5, 5.41) is 9.14. The number of phenolic OH excluding ortho intramolecular Hbond substituents is 1.